The van der Waals surface area contributed by atoms with Gasteiger partial charge in [-0.3, -0.25) is 4.79 Å². The van der Waals surface area contributed by atoms with Gasteiger partial charge < -0.3 is 4.74 Å². The molecule has 0 spiro atoms. The van der Waals surface area contributed by atoms with E-state index in [0.29, 0.717) is 0 Å². The summed E-state index contributed by atoms with van der Waals surface area (Å²) in [6.07, 6.45) is -0.264. The van der Waals surface area contributed by atoms with Crippen LogP contribution in [-0.4, -0.2) is 18.9 Å². The first kappa shape index (κ1) is 11.4. The summed E-state index contributed by atoms with van der Waals surface area (Å²) < 4.78 is 17.4. The number of esters is 1. The maximum atomic E-state index is 13.2. The molecule has 0 fully saturated rings. The summed E-state index contributed by atoms with van der Waals surface area (Å²) in [5.74, 6) is -2.18. The summed E-state index contributed by atoms with van der Waals surface area (Å²) in [5, 5.41) is 0. The van der Waals surface area contributed by atoms with Gasteiger partial charge in [-0.05, 0) is 18.6 Å². The molecule has 0 amide bonds. The Kier molecular flexibility index (Phi) is 3.55. The van der Waals surface area contributed by atoms with E-state index in [0.717, 1.165) is 12.7 Å². The molecule has 0 saturated heterocycles. The monoisotopic (exact) mass is 210 g/mol. The third-order valence-corrected chi connectivity index (χ3v) is 1.97. The Morgan fingerprint density at radius 2 is 2.07 bits per heavy atom. The van der Waals surface area contributed by atoms with Gasteiger partial charge in [0.05, 0.1) is 7.11 Å². The molecule has 0 N–H and O–H groups in total. The first-order chi connectivity index (χ1) is 7.04. The van der Waals surface area contributed by atoms with Crippen molar-refractivity contribution in [2.24, 2.45) is 0 Å². The van der Waals surface area contributed by atoms with Gasteiger partial charge in [-0.15, -0.1) is 0 Å². The third-order valence-electron chi connectivity index (χ3n) is 1.97. The molecular formula is C11H11FO3. The first-order valence-electron chi connectivity index (χ1n) is 4.40. The second-order valence-corrected chi connectivity index (χ2v) is 3.19. The number of hydrogen-bond acceptors (Lipinski definition) is 3. The van der Waals surface area contributed by atoms with Gasteiger partial charge in [0.25, 0.3) is 0 Å². The highest BCUT2D eigenvalue weighted by Crippen LogP contribution is 2.11. The number of Topliss-reactive ketones (excluding diaryl/α,β-unsaturated/α-hetero) is 1. The van der Waals surface area contributed by atoms with Crippen LogP contribution in [-0.2, 0) is 20.7 Å². The Morgan fingerprint density at radius 1 is 1.40 bits per heavy atom. The van der Waals surface area contributed by atoms with Crippen molar-refractivity contribution < 1.29 is 18.7 Å². The molecule has 0 saturated carbocycles. The van der Waals surface area contributed by atoms with Gasteiger partial charge in [0.15, 0.2) is 0 Å². The van der Waals surface area contributed by atoms with Crippen molar-refractivity contribution in [2.45, 2.75) is 13.3 Å². The van der Waals surface area contributed by atoms with Gasteiger partial charge in [-0.1, -0.05) is 17.7 Å². The highest BCUT2D eigenvalue weighted by Gasteiger charge is 2.16. The second-order valence-electron chi connectivity index (χ2n) is 3.19. The number of carbonyl (C=O) groups is 2. The summed E-state index contributed by atoms with van der Waals surface area (Å²) >= 11 is 0. The molecule has 1 aromatic carbocycles. The Hall–Kier alpha value is -1.71. The Balaban J connectivity index is 2.85. The molecule has 4 heteroatoms. The number of ketones is 1. The average molecular weight is 210 g/mol. The first-order valence-corrected chi connectivity index (χ1v) is 4.40. The number of rotatable bonds is 3. The molecule has 15 heavy (non-hydrogen) atoms. The fraction of sp³-hybridized carbons (Fsp3) is 0.273. The lowest BCUT2D eigenvalue weighted by Crippen LogP contribution is -2.18. The van der Waals surface area contributed by atoms with Crippen LogP contribution in [0.4, 0.5) is 4.39 Å². The maximum absolute atomic E-state index is 13.2. The van der Waals surface area contributed by atoms with Crippen molar-refractivity contribution in [1.29, 1.82) is 0 Å². The molecule has 1 aromatic rings. The normalized spacial score (nSPS) is 9.80. The van der Waals surface area contributed by atoms with E-state index in [1.54, 1.807) is 13.0 Å². The summed E-state index contributed by atoms with van der Waals surface area (Å²) in [6, 6.07) is 4.41. The minimum absolute atomic E-state index is 0.213. The molecule has 0 radical (unpaired) electrons. The molecule has 0 aromatic heterocycles. The summed E-state index contributed by atoms with van der Waals surface area (Å²) in [7, 11) is 1.12. The number of halogens is 1. The summed E-state index contributed by atoms with van der Waals surface area (Å²) in [6.45, 7) is 1.78. The second kappa shape index (κ2) is 4.68. The van der Waals surface area contributed by atoms with Crippen LogP contribution in [0.15, 0.2) is 18.2 Å². The van der Waals surface area contributed by atoms with Crippen LogP contribution in [0.5, 0.6) is 0 Å². The fourth-order valence-electron chi connectivity index (χ4n) is 1.20. The van der Waals surface area contributed by atoms with Gasteiger partial charge in [0, 0.05) is 6.42 Å². The number of hydrogen-bond donors (Lipinski definition) is 0. The van der Waals surface area contributed by atoms with Crippen LogP contribution in [0, 0.1) is 12.7 Å². The summed E-state index contributed by atoms with van der Waals surface area (Å²) in [5.41, 5.74) is 1.05. The van der Waals surface area contributed by atoms with Crippen molar-refractivity contribution in [3.8, 4) is 0 Å². The molecule has 0 heterocycles. The van der Waals surface area contributed by atoms with Crippen LogP contribution in [0.3, 0.4) is 0 Å². The van der Waals surface area contributed by atoms with Gasteiger partial charge in [0.1, 0.15) is 5.82 Å². The van der Waals surface area contributed by atoms with Crippen molar-refractivity contribution >= 4 is 11.8 Å². The molecular weight excluding hydrogens is 199 g/mol. The zero-order valence-electron chi connectivity index (χ0n) is 8.54. The fourth-order valence-corrected chi connectivity index (χ4v) is 1.20. The molecule has 0 atom stereocenters. The van der Waals surface area contributed by atoms with E-state index < -0.39 is 17.6 Å². The van der Waals surface area contributed by atoms with E-state index in [4.69, 9.17) is 0 Å². The largest absolute Gasteiger partial charge is 0.463 e. The van der Waals surface area contributed by atoms with Crippen LogP contribution >= 0.6 is 0 Å². The van der Waals surface area contributed by atoms with Crippen LogP contribution in [0.1, 0.15) is 11.1 Å². The lowest BCUT2D eigenvalue weighted by Gasteiger charge is -2.02. The molecule has 80 valence electrons. The lowest BCUT2D eigenvalue weighted by molar-refractivity contribution is -0.151. The lowest BCUT2D eigenvalue weighted by atomic mass is 10.1. The van der Waals surface area contributed by atoms with Crippen LogP contribution in [0.2, 0.25) is 0 Å². The van der Waals surface area contributed by atoms with Gasteiger partial charge in [-0.2, -0.15) is 0 Å². The standard InChI is InChI=1S/C11H11FO3/c1-7-3-4-9(12)8(5-7)6-10(13)11(14)15-2/h3-5H,6H2,1-2H3. The predicted molar refractivity (Wildman–Crippen MR) is 51.9 cm³/mol. The number of ether oxygens (including phenoxy) is 1. The number of benzene rings is 1. The summed E-state index contributed by atoms with van der Waals surface area (Å²) in [4.78, 5) is 22.0. The van der Waals surface area contributed by atoms with Gasteiger partial charge in [-0.25, -0.2) is 9.18 Å². The van der Waals surface area contributed by atoms with E-state index >= 15 is 0 Å². The molecule has 1 rings (SSSR count). The van der Waals surface area contributed by atoms with E-state index in [2.05, 4.69) is 4.74 Å². The predicted octanol–water partition coefficient (Wildman–Crippen LogP) is 1.42. The van der Waals surface area contributed by atoms with E-state index in [1.807, 2.05) is 0 Å². The zero-order chi connectivity index (χ0) is 11.4. The van der Waals surface area contributed by atoms with Crippen LogP contribution < -0.4 is 0 Å². The molecule has 0 aliphatic heterocycles. The average Bonchev–Trinajstić information content (AvgIpc) is 2.22. The highest BCUT2D eigenvalue weighted by atomic mass is 19.1. The maximum Gasteiger partial charge on any atom is 0.374 e. The topological polar surface area (TPSA) is 43.4 Å². The van der Waals surface area contributed by atoms with E-state index in [-0.39, 0.29) is 12.0 Å². The minimum Gasteiger partial charge on any atom is -0.463 e. The van der Waals surface area contributed by atoms with Crippen molar-refractivity contribution in [1.82, 2.24) is 0 Å². The Morgan fingerprint density at radius 3 is 2.67 bits per heavy atom. The Labute approximate surface area is 86.9 Å². The Bertz CT molecular complexity index is 399. The molecule has 3 nitrogen and oxygen atoms in total. The van der Waals surface area contributed by atoms with Crippen molar-refractivity contribution in [3.05, 3.63) is 35.1 Å². The minimum atomic E-state index is -0.948. The van der Waals surface area contributed by atoms with Gasteiger partial charge in [0.2, 0.25) is 5.78 Å². The number of carbonyl (C=O) groups excluding carboxylic acids is 2. The molecule has 0 bridgehead atoms. The molecule has 0 aliphatic rings. The van der Waals surface area contributed by atoms with E-state index in [9.17, 15) is 14.0 Å². The van der Waals surface area contributed by atoms with Gasteiger partial charge >= 0.3 is 5.97 Å². The molecule has 0 aliphatic carbocycles. The molecule has 0 unspecified atom stereocenters. The van der Waals surface area contributed by atoms with E-state index in [1.165, 1.54) is 12.1 Å². The third kappa shape index (κ3) is 2.87. The SMILES string of the molecule is COC(=O)C(=O)Cc1cc(C)ccc1F. The quantitative estimate of drug-likeness (QED) is 0.559. The zero-order valence-corrected chi connectivity index (χ0v) is 8.54. The smallest absolute Gasteiger partial charge is 0.374 e. The number of methoxy groups -OCH3 is 1. The number of aryl methyl sites for hydroxylation is 1. The van der Waals surface area contributed by atoms with Crippen molar-refractivity contribution in [2.75, 3.05) is 7.11 Å². The highest BCUT2D eigenvalue weighted by molar-refractivity contribution is 6.34. The van der Waals surface area contributed by atoms with Crippen molar-refractivity contribution in [3.63, 3.8) is 0 Å². The van der Waals surface area contributed by atoms with Crippen LogP contribution in [0.25, 0.3) is 0 Å².